The molecule has 0 aromatic rings. The molecule has 0 aromatic heterocycles. The van der Waals surface area contributed by atoms with E-state index in [0.29, 0.717) is 6.42 Å². The second kappa shape index (κ2) is 4.35. The van der Waals surface area contributed by atoms with Crippen molar-refractivity contribution in [1.82, 2.24) is 0 Å². The minimum atomic E-state index is -0.760. The maximum absolute atomic E-state index is 9.87. The first-order valence-corrected chi connectivity index (χ1v) is 4.20. The zero-order chi connectivity index (χ0) is 8.91. The van der Waals surface area contributed by atoms with Crippen LogP contribution in [-0.4, -0.2) is 10.7 Å². The van der Waals surface area contributed by atoms with Gasteiger partial charge in [-0.05, 0) is 12.3 Å². The third-order valence-electron chi connectivity index (χ3n) is 2.53. The van der Waals surface area contributed by atoms with Crippen molar-refractivity contribution in [3.8, 4) is 6.07 Å². The average molecular weight is 155 g/mol. The van der Waals surface area contributed by atoms with E-state index in [2.05, 4.69) is 0 Å². The molecule has 0 fully saturated rings. The Morgan fingerprint density at radius 1 is 1.55 bits per heavy atom. The molecule has 0 spiro atoms. The Morgan fingerprint density at radius 3 is 2.36 bits per heavy atom. The highest BCUT2D eigenvalue weighted by Crippen LogP contribution is 2.26. The van der Waals surface area contributed by atoms with Gasteiger partial charge >= 0.3 is 0 Å². The van der Waals surface area contributed by atoms with E-state index < -0.39 is 5.60 Å². The van der Waals surface area contributed by atoms with Gasteiger partial charge in [0.05, 0.1) is 18.1 Å². The molecule has 0 rings (SSSR count). The van der Waals surface area contributed by atoms with Crippen LogP contribution in [0.1, 0.15) is 40.0 Å². The van der Waals surface area contributed by atoms with Crippen molar-refractivity contribution in [2.45, 2.75) is 45.6 Å². The van der Waals surface area contributed by atoms with Crippen LogP contribution in [-0.2, 0) is 0 Å². The number of rotatable bonds is 4. The van der Waals surface area contributed by atoms with Gasteiger partial charge in [0, 0.05) is 0 Å². The fourth-order valence-corrected chi connectivity index (χ4v) is 1.16. The van der Waals surface area contributed by atoms with Gasteiger partial charge in [-0.25, -0.2) is 0 Å². The monoisotopic (exact) mass is 155 g/mol. The quantitative estimate of drug-likeness (QED) is 0.675. The number of hydrogen-bond donors (Lipinski definition) is 1. The van der Waals surface area contributed by atoms with Crippen LogP contribution in [0.2, 0.25) is 0 Å². The molecular weight excluding hydrogens is 138 g/mol. The van der Waals surface area contributed by atoms with Crippen LogP contribution < -0.4 is 0 Å². The molecule has 0 heterocycles. The summed E-state index contributed by atoms with van der Waals surface area (Å²) < 4.78 is 0. The van der Waals surface area contributed by atoms with Crippen molar-refractivity contribution in [2.75, 3.05) is 0 Å². The largest absolute Gasteiger partial charge is 0.389 e. The van der Waals surface area contributed by atoms with Crippen LogP contribution in [0.25, 0.3) is 0 Å². The Balaban J connectivity index is 4.21. The SMILES string of the molecule is CCC(C)C(O)(CC)CC#N. The molecule has 0 radical (unpaired) electrons. The molecule has 0 aromatic carbocycles. The summed E-state index contributed by atoms with van der Waals surface area (Å²) in [4.78, 5) is 0. The van der Waals surface area contributed by atoms with Crippen molar-refractivity contribution in [2.24, 2.45) is 5.92 Å². The van der Waals surface area contributed by atoms with Crippen LogP contribution in [0, 0.1) is 17.2 Å². The lowest BCUT2D eigenvalue weighted by atomic mass is 9.82. The van der Waals surface area contributed by atoms with Gasteiger partial charge < -0.3 is 5.11 Å². The second-order valence-electron chi connectivity index (χ2n) is 3.10. The lowest BCUT2D eigenvalue weighted by molar-refractivity contribution is -0.0125. The Hall–Kier alpha value is -0.550. The van der Waals surface area contributed by atoms with Crippen molar-refractivity contribution in [3.05, 3.63) is 0 Å². The summed E-state index contributed by atoms with van der Waals surface area (Å²) in [5.74, 6) is 0.215. The van der Waals surface area contributed by atoms with Gasteiger partial charge in [-0.3, -0.25) is 0 Å². The molecule has 2 atom stereocenters. The molecule has 0 aliphatic heterocycles. The highest BCUT2D eigenvalue weighted by molar-refractivity contribution is 4.91. The van der Waals surface area contributed by atoms with Crippen LogP contribution >= 0.6 is 0 Å². The summed E-state index contributed by atoms with van der Waals surface area (Å²) in [6, 6.07) is 2.02. The summed E-state index contributed by atoms with van der Waals surface area (Å²) in [7, 11) is 0. The topological polar surface area (TPSA) is 44.0 Å². The summed E-state index contributed by atoms with van der Waals surface area (Å²) in [6.45, 7) is 5.94. The van der Waals surface area contributed by atoms with E-state index in [4.69, 9.17) is 5.26 Å². The minimum absolute atomic E-state index is 0.215. The fourth-order valence-electron chi connectivity index (χ4n) is 1.16. The van der Waals surface area contributed by atoms with Crippen LogP contribution in [0.4, 0.5) is 0 Å². The van der Waals surface area contributed by atoms with E-state index in [0.717, 1.165) is 6.42 Å². The Kier molecular flexibility index (Phi) is 4.14. The molecule has 0 bridgehead atoms. The zero-order valence-electron chi connectivity index (χ0n) is 7.59. The van der Waals surface area contributed by atoms with Gasteiger partial charge in [0.1, 0.15) is 0 Å². The van der Waals surface area contributed by atoms with Gasteiger partial charge in [0.2, 0.25) is 0 Å². The molecule has 1 N–H and O–H groups in total. The smallest absolute Gasteiger partial charge is 0.0799 e. The number of hydrogen-bond acceptors (Lipinski definition) is 2. The lowest BCUT2D eigenvalue weighted by Gasteiger charge is -2.30. The number of nitrogens with zero attached hydrogens (tertiary/aromatic N) is 1. The van der Waals surface area contributed by atoms with E-state index in [-0.39, 0.29) is 12.3 Å². The predicted octanol–water partition coefficient (Wildman–Crippen LogP) is 2.09. The maximum Gasteiger partial charge on any atom is 0.0799 e. The number of aliphatic hydroxyl groups is 1. The minimum Gasteiger partial charge on any atom is -0.389 e. The molecule has 2 unspecified atom stereocenters. The first kappa shape index (κ1) is 10.4. The van der Waals surface area contributed by atoms with Crippen LogP contribution in [0.15, 0.2) is 0 Å². The molecule has 0 amide bonds. The van der Waals surface area contributed by atoms with Crippen LogP contribution in [0.5, 0.6) is 0 Å². The summed E-state index contributed by atoms with van der Waals surface area (Å²) in [5.41, 5.74) is -0.760. The van der Waals surface area contributed by atoms with E-state index in [9.17, 15) is 5.11 Å². The van der Waals surface area contributed by atoms with E-state index in [1.165, 1.54) is 0 Å². The molecule has 0 saturated heterocycles. The Bertz CT molecular complexity index is 150. The third kappa shape index (κ3) is 2.51. The molecule has 2 heteroatoms. The summed E-state index contributed by atoms with van der Waals surface area (Å²) in [6.07, 6.45) is 1.83. The molecule has 2 nitrogen and oxygen atoms in total. The molecule has 0 aliphatic carbocycles. The lowest BCUT2D eigenvalue weighted by Crippen LogP contribution is -2.34. The van der Waals surface area contributed by atoms with Gasteiger partial charge in [0.15, 0.2) is 0 Å². The molecule has 11 heavy (non-hydrogen) atoms. The highest BCUT2D eigenvalue weighted by atomic mass is 16.3. The van der Waals surface area contributed by atoms with E-state index >= 15 is 0 Å². The first-order chi connectivity index (χ1) is 5.10. The van der Waals surface area contributed by atoms with E-state index in [1.54, 1.807) is 0 Å². The van der Waals surface area contributed by atoms with Gasteiger partial charge in [-0.1, -0.05) is 27.2 Å². The molecular formula is C9H17NO. The molecule has 64 valence electrons. The Labute approximate surface area is 68.8 Å². The highest BCUT2D eigenvalue weighted by Gasteiger charge is 2.30. The van der Waals surface area contributed by atoms with Crippen LogP contribution in [0.3, 0.4) is 0 Å². The maximum atomic E-state index is 9.87. The van der Waals surface area contributed by atoms with E-state index in [1.807, 2.05) is 26.8 Å². The standard InChI is InChI=1S/C9H17NO/c1-4-8(3)9(11,5-2)6-7-10/h8,11H,4-6H2,1-3H3. The van der Waals surface area contributed by atoms with Crippen molar-refractivity contribution in [3.63, 3.8) is 0 Å². The van der Waals surface area contributed by atoms with Crippen molar-refractivity contribution >= 4 is 0 Å². The fraction of sp³-hybridized carbons (Fsp3) is 0.889. The summed E-state index contributed by atoms with van der Waals surface area (Å²) in [5, 5.41) is 18.3. The normalized spacial score (nSPS) is 18.5. The Morgan fingerprint density at radius 2 is 2.09 bits per heavy atom. The van der Waals surface area contributed by atoms with Gasteiger partial charge in [0.25, 0.3) is 0 Å². The van der Waals surface area contributed by atoms with Gasteiger partial charge in [-0.2, -0.15) is 5.26 Å². The van der Waals surface area contributed by atoms with Gasteiger partial charge in [-0.15, -0.1) is 0 Å². The molecule has 0 saturated carbocycles. The predicted molar refractivity (Wildman–Crippen MR) is 44.9 cm³/mol. The summed E-state index contributed by atoms with van der Waals surface area (Å²) >= 11 is 0. The molecule has 0 aliphatic rings. The first-order valence-electron chi connectivity index (χ1n) is 4.20. The average Bonchev–Trinajstić information content (AvgIpc) is 2.03. The third-order valence-corrected chi connectivity index (χ3v) is 2.53. The van der Waals surface area contributed by atoms with Crippen molar-refractivity contribution in [1.29, 1.82) is 5.26 Å². The number of nitriles is 1. The zero-order valence-corrected chi connectivity index (χ0v) is 7.59. The van der Waals surface area contributed by atoms with Crippen molar-refractivity contribution < 1.29 is 5.11 Å². The second-order valence-corrected chi connectivity index (χ2v) is 3.10.